The number of fused-ring (bicyclic) bond motifs is 12. The number of ether oxygens (including phenoxy) is 3. The number of carbonyl (C=O) groups excluding carboxylic acids is 8. The number of primary amides is 1. The van der Waals surface area contributed by atoms with Crippen molar-refractivity contribution in [3.63, 3.8) is 0 Å². The van der Waals surface area contributed by atoms with Crippen molar-refractivity contribution < 1.29 is 93.4 Å². The van der Waals surface area contributed by atoms with Crippen LogP contribution in [0, 0.1) is 88.8 Å². The zero-order valence-electron chi connectivity index (χ0n) is 67.9. The number of carbonyl (C=O) groups is 8. The number of unbranched alkanes of at least 4 members (excludes halogenated alkanes) is 10. The first-order valence-corrected chi connectivity index (χ1v) is 44.6. The molecule has 0 aromatic heterocycles. The lowest BCUT2D eigenvalue weighted by atomic mass is 9.51. The van der Waals surface area contributed by atoms with Gasteiger partial charge in [0.25, 0.3) is 0 Å². The van der Waals surface area contributed by atoms with Gasteiger partial charge >= 0.3 is 0 Å². The Morgan fingerprint density at radius 2 is 1.34 bits per heavy atom. The number of nitrogens with one attached hydrogen (secondary N) is 5. The Balaban J connectivity index is 0.982. The molecule has 28 heteroatoms. The van der Waals surface area contributed by atoms with Crippen molar-refractivity contribution in [2.75, 3.05) is 19.6 Å². The molecule has 5 aliphatic heterocycles. The maximum atomic E-state index is 16.6. The van der Waals surface area contributed by atoms with Gasteiger partial charge < -0.3 is 93.1 Å². The SMILES string of the molecule is CCCCCCCCCCCCCNCC1=C(O)CC2C(C3=C[C@H](CC[C@H]3O)[C@H]3CC(=O)[C@@H]4NC(=O)[C@H](CC(N)=O)CC(=O)[C@H](NC(=O)[C@H](CC)CC(C)C)[C@H](O)[C@H]5C=C[C@@H](Oc6cc4cc(c6O[C@@H]4C[C@H](CN)[C@@H](O)[C@H](O)[C@H]4O)O[C@@H]4CC[C@@H](C=C4Cl)[C@@H](O)[C@H](NC3=O)C(=O)N[C@@H]2C(=O)CC2C3CC4CC(C3)CC2C4)[C@H](Cl)C5)[C@H]1O. The van der Waals surface area contributed by atoms with E-state index in [4.69, 9.17) is 48.9 Å². The predicted octanol–water partition coefficient (Wildman–Crippen LogP) is 7.62. The molecular formula is C88H129Cl2N7O19. The van der Waals surface area contributed by atoms with Crippen LogP contribution in [0.5, 0.6) is 17.2 Å². The second-order valence-electron chi connectivity index (χ2n) is 36.6. The fourth-order valence-corrected chi connectivity index (χ4v) is 22.4. The Morgan fingerprint density at radius 3 is 1.98 bits per heavy atom. The zero-order chi connectivity index (χ0) is 83.1. The molecule has 15 bridgehead atoms. The molecule has 26 nitrogen and oxygen atoms in total. The molecule has 5 heterocycles. The van der Waals surface area contributed by atoms with E-state index < -0.39 is 204 Å². The molecule has 0 spiro atoms. The summed E-state index contributed by atoms with van der Waals surface area (Å²) in [5.74, 6) is -16.2. The lowest BCUT2D eigenvalue weighted by Crippen LogP contribution is -2.62. The minimum Gasteiger partial charge on any atom is -0.512 e. The van der Waals surface area contributed by atoms with Gasteiger partial charge in [-0.1, -0.05) is 122 Å². The minimum atomic E-state index is -1.97. The number of aliphatic hydroxyl groups excluding tert-OH is 8. The third kappa shape index (κ3) is 20.8. The Hall–Kier alpha value is -6.04. The van der Waals surface area contributed by atoms with E-state index in [-0.39, 0.29) is 139 Å². The van der Waals surface area contributed by atoms with E-state index in [9.17, 15) is 50.4 Å². The molecule has 5 saturated carbocycles. The van der Waals surface area contributed by atoms with Gasteiger partial charge in [-0.25, -0.2) is 0 Å². The van der Waals surface area contributed by atoms with Crippen LogP contribution in [-0.2, 0) is 38.4 Å². The summed E-state index contributed by atoms with van der Waals surface area (Å²) < 4.78 is 20.7. The number of allylic oxidation sites excluding steroid dienone is 2. The second kappa shape index (κ2) is 40.1. The first-order valence-electron chi connectivity index (χ1n) is 43.8. The quantitative estimate of drug-likeness (QED) is 0.0229. The summed E-state index contributed by atoms with van der Waals surface area (Å²) in [6, 6.07) is -4.37. The topological polar surface area (TPSA) is 438 Å². The van der Waals surface area contributed by atoms with Crippen LogP contribution in [0.25, 0.3) is 0 Å². The van der Waals surface area contributed by atoms with Crippen LogP contribution in [0.4, 0.5) is 0 Å². The molecule has 17 N–H and O–H groups in total. The monoisotopic (exact) mass is 1660 g/mol. The van der Waals surface area contributed by atoms with Gasteiger partial charge in [-0.3, -0.25) is 38.4 Å². The first-order chi connectivity index (χ1) is 55.5. The Bertz CT molecular complexity index is 3770. The predicted molar refractivity (Wildman–Crippen MR) is 434 cm³/mol. The molecule has 0 saturated heterocycles. The lowest BCUT2D eigenvalue weighted by Gasteiger charge is -2.54. The van der Waals surface area contributed by atoms with Crippen LogP contribution in [0.3, 0.4) is 0 Å². The summed E-state index contributed by atoms with van der Waals surface area (Å²) in [5.41, 5.74) is 12.4. The fraction of sp³-hybridized carbons (Fsp3) is 0.750. The van der Waals surface area contributed by atoms with Crippen molar-refractivity contribution in [1.29, 1.82) is 0 Å². The number of benzene rings is 1. The van der Waals surface area contributed by atoms with E-state index in [0.717, 1.165) is 51.4 Å². The maximum Gasteiger partial charge on any atom is 0.245 e. The van der Waals surface area contributed by atoms with Gasteiger partial charge in [0.15, 0.2) is 28.8 Å². The molecule has 5 fully saturated rings. The number of alkyl halides is 1. The third-order valence-corrected chi connectivity index (χ3v) is 28.9. The van der Waals surface area contributed by atoms with Crippen molar-refractivity contribution in [1.82, 2.24) is 26.6 Å². The lowest BCUT2D eigenvalue weighted by molar-refractivity contribution is -0.149. The summed E-state index contributed by atoms with van der Waals surface area (Å²) in [6.07, 6.45) is 6.48. The molecule has 9 aliphatic carbocycles. The van der Waals surface area contributed by atoms with E-state index in [1.807, 2.05) is 20.8 Å². The maximum absolute atomic E-state index is 16.6. The van der Waals surface area contributed by atoms with E-state index >= 15 is 28.8 Å². The van der Waals surface area contributed by atoms with Crippen LogP contribution in [0.2, 0.25) is 0 Å². The molecule has 5 amide bonds. The van der Waals surface area contributed by atoms with E-state index in [0.29, 0.717) is 31.2 Å². The average Bonchev–Trinajstić information content (AvgIpc) is 0.752. The second-order valence-corrected chi connectivity index (χ2v) is 37.6. The number of aliphatic hydroxyl groups is 8. The van der Waals surface area contributed by atoms with Crippen LogP contribution >= 0.6 is 23.2 Å². The molecule has 2 unspecified atom stereocenters. The van der Waals surface area contributed by atoms with Crippen LogP contribution < -0.4 is 52.3 Å². The summed E-state index contributed by atoms with van der Waals surface area (Å²) in [4.78, 5) is 124. The number of amides is 5. The molecule has 116 heavy (non-hydrogen) atoms. The largest absolute Gasteiger partial charge is 0.512 e. The average molecular weight is 1660 g/mol. The van der Waals surface area contributed by atoms with Crippen molar-refractivity contribution in [3.05, 3.63) is 63.9 Å². The third-order valence-electron chi connectivity index (χ3n) is 28.1. The van der Waals surface area contributed by atoms with Crippen LogP contribution in [-0.4, -0.2) is 192 Å². The van der Waals surface area contributed by atoms with Crippen molar-refractivity contribution in [3.8, 4) is 17.2 Å². The van der Waals surface area contributed by atoms with Crippen LogP contribution in [0.15, 0.2) is 58.4 Å². The molecule has 1 aromatic rings. The molecular weight excluding hydrogens is 1530 g/mol. The minimum absolute atomic E-state index is 0.00443. The number of nitrogens with two attached hydrogens (primary N) is 2. The number of hydrogen-bond acceptors (Lipinski definition) is 21. The highest BCUT2D eigenvalue weighted by Crippen LogP contribution is 2.58. The highest BCUT2D eigenvalue weighted by atomic mass is 35.5. The van der Waals surface area contributed by atoms with Crippen molar-refractivity contribution in [2.45, 2.75) is 304 Å². The van der Waals surface area contributed by atoms with Crippen molar-refractivity contribution >= 4 is 70.1 Å². The van der Waals surface area contributed by atoms with Crippen molar-refractivity contribution in [2.24, 2.45) is 100 Å². The number of hydrogen-bond donors (Lipinski definition) is 15. The molecule has 644 valence electrons. The Kier molecular flexibility index (Phi) is 30.8. The van der Waals surface area contributed by atoms with E-state index in [1.165, 1.54) is 75.7 Å². The molecule has 24 atom stereocenters. The van der Waals surface area contributed by atoms with Gasteiger partial charge in [0.2, 0.25) is 35.3 Å². The van der Waals surface area contributed by atoms with Gasteiger partial charge in [0.1, 0.15) is 48.6 Å². The summed E-state index contributed by atoms with van der Waals surface area (Å²) >= 11 is 14.8. The fourth-order valence-electron chi connectivity index (χ4n) is 21.8. The first kappa shape index (κ1) is 89.2. The smallest absolute Gasteiger partial charge is 0.245 e. The molecule has 15 rings (SSSR count). The van der Waals surface area contributed by atoms with Gasteiger partial charge in [0, 0.05) is 79.7 Å². The zero-order valence-corrected chi connectivity index (χ0v) is 69.4. The van der Waals surface area contributed by atoms with Crippen LogP contribution in [0.1, 0.15) is 226 Å². The highest BCUT2D eigenvalue weighted by molar-refractivity contribution is 6.30. The number of Topliss-reactive ketones (excluding diaryl/α,β-unsaturated/α-hetero) is 3. The number of ketones is 3. The summed E-state index contributed by atoms with van der Waals surface area (Å²) in [5, 5.41) is 112. The summed E-state index contributed by atoms with van der Waals surface area (Å²) in [7, 11) is 0. The standard InChI is InChI=1S/C88H129Cl2N7O19/c1-5-7-8-9-10-11-12-13-14-15-16-23-93-42-59-63(99)40-58-73(81(59)107)57-30-47(17-20-62(57)98)56-39-65(101)74-52-34-70(114-67-21-18-48(31-60(67)89)78(104)76(96-85(110)46(6-2)24-43(3)4)64(100)33-53(37-72(92)103)86(111)94-74)84(116-69-36-54(41-91)80(106)83(109)82(69)108)71(35-52)115-68-22-19-49(32-61(68)90)79(105)77(97-87(56)112)88(113)95-75(58)66(102)38-55-50-26-44-25-45(28-50)29-51(55)27-44/h18,21,30,32,34-35,43-51,53-56,58,60,62,67-69,73-83,93,98-99,104-109H,5-17,19-20,22-29,31,33,36-42,91H2,1-4H3,(H2,92,103)(H,94,111)(H,95,113)(H,96,110)(H,97,112)/t44?,45?,46-,47+,48+,49+,50?,51?,53+,54-,55?,56-,58?,60-,62-,67-,68-,69-,73?,74-,75+,76+,77+,78-,79-,80-,81+,82+,83+/m1/s1. The normalized spacial score (nSPS) is 37.6. The molecule has 0 radical (unpaired) electrons. The highest BCUT2D eigenvalue weighted by Gasteiger charge is 2.55. The van der Waals surface area contributed by atoms with Gasteiger partial charge in [0.05, 0.1) is 64.6 Å². The van der Waals surface area contributed by atoms with E-state index in [1.54, 1.807) is 12.2 Å². The molecule has 14 aliphatic rings. The molecule has 1 aromatic carbocycles. The number of halogens is 2. The van der Waals surface area contributed by atoms with E-state index in [2.05, 4.69) is 33.5 Å². The Labute approximate surface area is 692 Å². The van der Waals surface area contributed by atoms with Gasteiger partial charge in [-0.05, 0) is 174 Å². The summed E-state index contributed by atoms with van der Waals surface area (Å²) in [6.45, 7) is 8.33. The van der Waals surface area contributed by atoms with Gasteiger partial charge in [-0.15, -0.1) is 11.6 Å². The number of rotatable bonds is 27. The van der Waals surface area contributed by atoms with Gasteiger partial charge in [-0.2, -0.15) is 0 Å². The Morgan fingerprint density at radius 1 is 0.681 bits per heavy atom.